The van der Waals surface area contributed by atoms with Crippen LogP contribution in [0.15, 0.2) is 24.5 Å². The third-order valence-electron chi connectivity index (χ3n) is 3.35. The van der Waals surface area contributed by atoms with Crippen molar-refractivity contribution in [3.63, 3.8) is 0 Å². The molecule has 7 heteroatoms. The minimum absolute atomic E-state index is 0.123. The Bertz CT molecular complexity index is 654. The molecule has 0 aliphatic rings. The molecule has 2 aromatic rings. The molecule has 22 heavy (non-hydrogen) atoms. The van der Waals surface area contributed by atoms with Gasteiger partial charge in [-0.3, -0.25) is 9.48 Å². The van der Waals surface area contributed by atoms with Crippen LogP contribution in [0.4, 0.5) is 0 Å². The molecule has 0 aliphatic carbocycles. The average Bonchev–Trinajstić information content (AvgIpc) is 2.93. The lowest BCUT2D eigenvalue weighted by atomic mass is 10.1. The molecule has 1 aromatic heterocycles. The number of carbonyl (C=O) groups is 1. The van der Waals surface area contributed by atoms with Crippen molar-refractivity contribution in [1.29, 1.82) is 0 Å². The number of nitrogens with zero attached hydrogens (tertiary/aromatic N) is 3. The molecule has 1 N–H and O–H groups in total. The van der Waals surface area contributed by atoms with E-state index in [-0.39, 0.29) is 18.4 Å². The molecule has 1 atom stereocenters. The van der Waals surface area contributed by atoms with Crippen molar-refractivity contribution < 1.29 is 14.3 Å². The summed E-state index contributed by atoms with van der Waals surface area (Å²) in [5.74, 6) is 1.92. The van der Waals surface area contributed by atoms with Crippen molar-refractivity contribution in [2.75, 3.05) is 14.2 Å². The molecule has 0 aliphatic heterocycles. The molecular formula is C15H20N4O3. The lowest BCUT2D eigenvalue weighted by Crippen LogP contribution is -2.29. The van der Waals surface area contributed by atoms with Crippen LogP contribution in [-0.2, 0) is 18.3 Å². The number of hydrogen-bond donors (Lipinski definition) is 1. The van der Waals surface area contributed by atoms with Gasteiger partial charge in [-0.2, -0.15) is 5.10 Å². The molecule has 0 spiro atoms. The third kappa shape index (κ3) is 3.55. The van der Waals surface area contributed by atoms with Crippen LogP contribution in [0.2, 0.25) is 0 Å². The van der Waals surface area contributed by atoms with Gasteiger partial charge in [-0.25, -0.2) is 4.98 Å². The quantitative estimate of drug-likeness (QED) is 0.869. The SMILES string of the molecule is COc1ccc(OC)c(CC(=O)N[C@@H](C)c2ncnn2C)c1. The first-order valence-corrected chi connectivity index (χ1v) is 6.89. The largest absolute Gasteiger partial charge is 0.497 e. The molecule has 1 amide bonds. The summed E-state index contributed by atoms with van der Waals surface area (Å²) in [5, 5.41) is 6.90. The highest BCUT2D eigenvalue weighted by atomic mass is 16.5. The molecular weight excluding hydrogens is 284 g/mol. The molecule has 2 rings (SSSR count). The Kier molecular flexibility index (Phi) is 4.98. The van der Waals surface area contributed by atoms with E-state index in [2.05, 4.69) is 15.4 Å². The predicted octanol–water partition coefficient (Wildman–Crippen LogP) is 1.25. The molecule has 118 valence electrons. The van der Waals surface area contributed by atoms with Gasteiger partial charge in [0.25, 0.3) is 0 Å². The number of carbonyl (C=O) groups excluding carboxylic acids is 1. The van der Waals surface area contributed by atoms with Crippen LogP contribution in [0.3, 0.4) is 0 Å². The number of benzene rings is 1. The van der Waals surface area contributed by atoms with Crippen LogP contribution in [0.5, 0.6) is 11.5 Å². The van der Waals surface area contributed by atoms with Gasteiger partial charge in [0, 0.05) is 12.6 Å². The zero-order chi connectivity index (χ0) is 16.1. The summed E-state index contributed by atoms with van der Waals surface area (Å²) in [7, 11) is 4.95. The van der Waals surface area contributed by atoms with E-state index >= 15 is 0 Å². The van der Waals surface area contributed by atoms with Gasteiger partial charge in [-0.05, 0) is 25.1 Å². The van der Waals surface area contributed by atoms with E-state index < -0.39 is 0 Å². The monoisotopic (exact) mass is 304 g/mol. The lowest BCUT2D eigenvalue weighted by molar-refractivity contribution is -0.121. The molecule has 0 unspecified atom stereocenters. The van der Waals surface area contributed by atoms with Gasteiger partial charge in [0.15, 0.2) is 0 Å². The van der Waals surface area contributed by atoms with E-state index in [1.165, 1.54) is 6.33 Å². The van der Waals surface area contributed by atoms with E-state index in [0.717, 1.165) is 5.56 Å². The first-order valence-electron chi connectivity index (χ1n) is 6.89. The zero-order valence-corrected chi connectivity index (χ0v) is 13.2. The Labute approximate surface area is 129 Å². The highest BCUT2D eigenvalue weighted by Gasteiger charge is 2.16. The van der Waals surface area contributed by atoms with Gasteiger partial charge >= 0.3 is 0 Å². The number of amides is 1. The average molecular weight is 304 g/mol. The molecule has 0 bridgehead atoms. The molecule has 1 heterocycles. The number of ether oxygens (including phenoxy) is 2. The van der Waals surface area contributed by atoms with E-state index in [9.17, 15) is 4.79 Å². The lowest BCUT2D eigenvalue weighted by Gasteiger charge is -2.14. The summed E-state index contributed by atoms with van der Waals surface area (Å²) in [6.45, 7) is 1.87. The zero-order valence-electron chi connectivity index (χ0n) is 13.2. The van der Waals surface area contributed by atoms with Gasteiger partial charge in [-0.1, -0.05) is 0 Å². The summed E-state index contributed by atoms with van der Waals surface area (Å²) in [6.07, 6.45) is 1.66. The Balaban J connectivity index is 2.07. The highest BCUT2D eigenvalue weighted by molar-refractivity contribution is 5.79. The number of aryl methyl sites for hydroxylation is 1. The van der Waals surface area contributed by atoms with Gasteiger partial charge in [-0.15, -0.1) is 0 Å². The molecule has 0 fully saturated rings. The van der Waals surface area contributed by atoms with Crippen LogP contribution in [0, 0.1) is 0 Å². The second-order valence-electron chi connectivity index (χ2n) is 4.89. The van der Waals surface area contributed by atoms with E-state index in [0.29, 0.717) is 17.3 Å². The smallest absolute Gasteiger partial charge is 0.225 e. The first-order chi connectivity index (χ1) is 10.5. The molecule has 0 radical (unpaired) electrons. The number of rotatable bonds is 6. The standard InChI is InChI=1S/C15H20N4O3/c1-10(15-16-9-17-19(15)2)18-14(20)8-11-7-12(21-3)5-6-13(11)22-4/h5-7,9-10H,8H2,1-4H3,(H,18,20)/t10-/m0/s1. The first kappa shape index (κ1) is 15.8. The highest BCUT2D eigenvalue weighted by Crippen LogP contribution is 2.24. The van der Waals surface area contributed by atoms with Crippen LogP contribution in [0.25, 0.3) is 0 Å². The number of methoxy groups -OCH3 is 2. The van der Waals surface area contributed by atoms with Crippen molar-refractivity contribution in [2.24, 2.45) is 7.05 Å². The summed E-state index contributed by atoms with van der Waals surface area (Å²) in [4.78, 5) is 16.4. The van der Waals surface area contributed by atoms with Crippen LogP contribution in [-0.4, -0.2) is 34.9 Å². The Morgan fingerprint density at radius 1 is 1.36 bits per heavy atom. The summed E-state index contributed by atoms with van der Waals surface area (Å²) in [5.41, 5.74) is 0.768. The Hall–Kier alpha value is -2.57. The second kappa shape index (κ2) is 6.93. The fourth-order valence-corrected chi connectivity index (χ4v) is 2.25. The van der Waals surface area contributed by atoms with Crippen molar-refractivity contribution in [3.8, 4) is 11.5 Å². The molecule has 0 saturated heterocycles. The fraction of sp³-hybridized carbons (Fsp3) is 0.400. The van der Waals surface area contributed by atoms with Crippen molar-refractivity contribution in [1.82, 2.24) is 20.1 Å². The van der Waals surface area contributed by atoms with E-state index in [1.54, 1.807) is 44.1 Å². The van der Waals surface area contributed by atoms with Crippen molar-refractivity contribution >= 4 is 5.91 Å². The minimum atomic E-state index is -0.225. The number of aromatic nitrogens is 3. The summed E-state index contributed by atoms with van der Waals surface area (Å²) < 4.78 is 12.1. The van der Waals surface area contributed by atoms with E-state index in [4.69, 9.17) is 9.47 Å². The summed E-state index contributed by atoms with van der Waals surface area (Å²) >= 11 is 0. The molecule has 7 nitrogen and oxygen atoms in total. The minimum Gasteiger partial charge on any atom is -0.497 e. The van der Waals surface area contributed by atoms with Gasteiger partial charge in [0.2, 0.25) is 5.91 Å². The van der Waals surface area contributed by atoms with Gasteiger partial charge < -0.3 is 14.8 Å². The van der Waals surface area contributed by atoms with Gasteiger partial charge in [0.1, 0.15) is 23.7 Å². The maximum absolute atomic E-state index is 12.2. The van der Waals surface area contributed by atoms with Gasteiger partial charge in [0.05, 0.1) is 26.7 Å². The third-order valence-corrected chi connectivity index (χ3v) is 3.35. The number of hydrogen-bond acceptors (Lipinski definition) is 5. The van der Waals surface area contributed by atoms with E-state index in [1.807, 2.05) is 6.92 Å². The topological polar surface area (TPSA) is 78.3 Å². The fourth-order valence-electron chi connectivity index (χ4n) is 2.25. The van der Waals surface area contributed by atoms with Crippen LogP contribution < -0.4 is 14.8 Å². The molecule has 1 aromatic carbocycles. The normalized spacial score (nSPS) is 11.8. The van der Waals surface area contributed by atoms with Crippen LogP contribution >= 0.6 is 0 Å². The Morgan fingerprint density at radius 2 is 2.14 bits per heavy atom. The Morgan fingerprint density at radius 3 is 2.73 bits per heavy atom. The maximum Gasteiger partial charge on any atom is 0.225 e. The number of nitrogens with one attached hydrogen (secondary N) is 1. The predicted molar refractivity (Wildman–Crippen MR) is 80.8 cm³/mol. The summed E-state index contributed by atoms with van der Waals surface area (Å²) in [6, 6.07) is 5.15. The van der Waals surface area contributed by atoms with Crippen molar-refractivity contribution in [3.05, 3.63) is 35.9 Å². The molecule has 0 saturated carbocycles. The van der Waals surface area contributed by atoms with Crippen LogP contribution in [0.1, 0.15) is 24.4 Å². The maximum atomic E-state index is 12.2. The second-order valence-corrected chi connectivity index (χ2v) is 4.89. The van der Waals surface area contributed by atoms with Crippen molar-refractivity contribution in [2.45, 2.75) is 19.4 Å².